The molecule has 0 bridgehead atoms. The van der Waals surface area contributed by atoms with E-state index in [0.29, 0.717) is 23.6 Å². The number of benzene rings is 1. The highest BCUT2D eigenvalue weighted by molar-refractivity contribution is 5.56. The van der Waals surface area contributed by atoms with E-state index in [1.165, 1.54) is 0 Å². The second-order valence-electron chi connectivity index (χ2n) is 4.86. The second kappa shape index (κ2) is 6.41. The molecule has 2 N–H and O–H groups in total. The van der Waals surface area contributed by atoms with E-state index in [4.69, 9.17) is 15.7 Å². The Labute approximate surface area is 114 Å². The van der Waals surface area contributed by atoms with Crippen LogP contribution in [0.25, 0.3) is 0 Å². The van der Waals surface area contributed by atoms with Gasteiger partial charge in [0.1, 0.15) is 12.4 Å². The first-order valence-electron chi connectivity index (χ1n) is 6.52. The Hall–Kier alpha value is -1.77. The van der Waals surface area contributed by atoms with Crippen molar-refractivity contribution in [2.75, 3.05) is 52.1 Å². The van der Waals surface area contributed by atoms with Crippen LogP contribution in [-0.2, 0) is 0 Å². The largest absolute Gasteiger partial charge is 0.490 e. The van der Waals surface area contributed by atoms with Gasteiger partial charge in [-0.25, -0.2) is 0 Å². The van der Waals surface area contributed by atoms with E-state index in [9.17, 15) is 0 Å². The maximum absolute atomic E-state index is 8.76. The van der Waals surface area contributed by atoms with Crippen LogP contribution in [0.15, 0.2) is 18.2 Å². The summed E-state index contributed by atoms with van der Waals surface area (Å²) >= 11 is 0. The molecular weight excluding hydrogens is 240 g/mol. The van der Waals surface area contributed by atoms with Gasteiger partial charge in [0.05, 0.1) is 17.3 Å². The molecule has 102 valence electrons. The lowest BCUT2D eigenvalue weighted by atomic mass is 10.2. The Morgan fingerprint density at radius 2 is 2.05 bits per heavy atom. The number of rotatable bonds is 4. The summed E-state index contributed by atoms with van der Waals surface area (Å²) in [6.07, 6.45) is 0. The minimum atomic E-state index is 0.525. The average molecular weight is 260 g/mol. The zero-order valence-corrected chi connectivity index (χ0v) is 11.3. The van der Waals surface area contributed by atoms with Gasteiger partial charge in [-0.1, -0.05) is 0 Å². The first-order chi connectivity index (χ1) is 9.19. The van der Waals surface area contributed by atoms with Crippen LogP contribution in [0.1, 0.15) is 5.56 Å². The SMILES string of the molecule is CN1CCN(CCOc2ccc(C#N)cc2N)CC1. The van der Waals surface area contributed by atoms with E-state index >= 15 is 0 Å². The van der Waals surface area contributed by atoms with Crippen LogP contribution in [0, 0.1) is 11.3 Å². The molecule has 5 heteroatoms. The topological polar surface area (TPSA) is 65.5 Å². The van der Waals surface area contributed by atoms with Gasteiger partial charge in [-0.3, -0.25) is 4.90 Å². The average Bonchev–Trinajstić information content (AvgIpc) is 2.42. The molecule has 1 heterocycles. The normalized spacial score (nSPS) is 17.1. The number of ether oxygens (including phenoxy) is 1. The zero-order chi connectivity index (χ0) is 13.7. The molecule has 1 aliphatic rings. The molecule has 0 radical (unpaired) electrons. The van der Waals surface area contributed by atoms with Crippen LogP contribution in [0.4, 0.5) is 5.69 Å². The summed E-state index contributed by atoms with van der Waals surface area (Å²) in [4.78, 5) is 4.72. The quantitative estimate of drug-likeness (QED) is 0.810. The Bertz CT molecular complexity index is 461. The first kappa shape index (κ1) is 13.7. The van der Waals surface area contributed by atoms with E-state index in [1.807, 2.05) is 0 Å². The molecule has 1 aromatic rings. The van der Waals surface area contributed by atoms with Gasteiger partial charge in [0.2, 0.25) is 0 Å². The first-order valence-corrected chi connectivity index (χ1v) is 6.52. The Balaban J connectivity index is 1.78. The number of nitrogens with two attached hydrogens (primary N) is 1. The number of nitrogens with zero attached hydrogens (tertiary/aromatic N) is 3. The van der Waals surface area contributed by atoms with Crippen molar-refractivity contribution in [1.82, 2.24) is 9.80 Å². The second-order valence-corrected chi connectivity index (χ2v) is 4.86. The Morgan fingerprint density at radius 1 is 1.32 bits per heavy atom. The van der Waals surface area contributed by atoms with Crippen LogP contribution in [0.2, 0.25) is 0 Å². The van der Waals surface area contributed by atoms with Crippen molar-refractivity contribution in [2.45, 2.75) is 0 Å². The van der Waals surface area contributed by atoms with Gasteiger partial charge >= 0.3 is 0 Å². The third kappa shape index (κ3) is 3.85. The third-order valence-corrected chi connectivity index (χ3v) is 3.40. The van der Waals surface area contributed by atoms with Crippen molar-refractivity contribution < 1.29 is 4.74 Å². The van der Waals surface area contributed by atoms with Gasteiger partial charge in [-0.2, -0.15) is 5.26 Å². The highest BCUT2D eigenvalue weighted by atomic mass is 16.5. The van der Waals surface area contributed by atoms with Crippen molar-refractivity contribution >= 4 is 5.69 Å². The molecule has 0 aromatic heterocycles. The van der Waals surface area contributed by atoms with E-state index in [-0.39, 0.29) is 0 Å². The number of hydrogen-bond acceptors (Lipinski definition) is 5. The molecule has 1 aliphatic heterocycles. The molecule has 0 unspecified atom stereocenters. The van der Waals surface area contributed by atoms with Gasteiger partial charge in [-0.15, -0.1) is 0 Å². The summed E-state index contributed by atoms with van der Waals surface area (Å²) in [6, 6.07) is 7.19. The number of likely N-dealkylation sites (N-methyl/N-ethyl adjacent to an activating group) is 1. The highest BCUT2D eigenvalue weighted by Crippen LogP contribution is 2.22. The van der Waals surface area contributed by atoms with E-state index in [1.54, 1.807) is 18.2 Å². The Morgan fingerprint density at radius 3 is 2.68 bits per heavy atom. The predicted octanol–water partition coefficient (Wildman–Crippen LogP) is 0.767. The Kier molecular flexibility index (Phi) is 4.61. The van der Waals surface area contributed by atoms with Crippen molar-refractivity contribution in [2.24, 2.45) is 0 Å². The molecule has 5 nitrogen and oxygen atoms in total. The lowest BCUT2D eigenvalue weighted by molar-refractivity contribution is 0.134. The number of piperazine rings is 1. The van der Waals surface area contributed by atoms with Crippen molar-refractivity contribution in [3.05, 3.63) is 23.8 Å². The number of anilines is 1. The summed E-state index contributed by atoms with van der Waals surface area (Å²) < 4.78 is 5.68. The fraction of sp³-hybridized carbons (Fsp3) is 0.500. The smallest absolute Gasteiger partial charge is 0.142 e. The lowest BCUT2D eigenvalue weighted by Gasteiger charge is -2.32. The van der Waals surface area contributed by atoms with Crippen LogP contribution in [0.3, 0.4) is 0 Å². The van der Waals surface area contributed by atoms with Crippen LogP contribution >= 0.6 is 0 Å². The summed E-state index contributed by atoms with van der Waals surface area (Å²) in [5.41, 5.74) is 6.92. The molecule has 0 amide bonds. The van der Waals surface area contributed by atoms with Crippen molar-refractivity contribution in [1.29, 1.82) is 5.26 Å². The zero-order valence-electron chi connectivity index (χ0n) is 11.3. The summed E-state index contributed by atoms with van der Waals surface area (Å²) in [5, 5.41) is 8.76. The standard InChI is InChI=1S/C14H20N4O/c1-17-4-6-18(7-5-17)8-9-19-14-3-2-12(11-15)10-13(14)16/h2-3,10H,4-9,16H2,1H3. The van der Waals surface area contributed by atoms with Crippen LogP contribution in [0.5, 0.6) is 5.75 Å². The maximum Gasteiger partial charge on any atom is 0.142 e. The highest BCUT2D eigenvalue weighted by Gasteiger charge is 2.13. The van der Waals surface area contributed by atoms with E-state index < -0.39 is 0 Å². The third-order valence-electron chi connectivity index (χ3n) is 3.40. The van der Waals surface area contributed by atoms with Crippen LogP contribution in [-0.4, -0.2) is 56.2 Å². The molecule has 0 spiro atoms. The number of nitriles is 1. The minimum absolute atomic E-state index is 0.525. The molecule has 19 heavy (non-hydrogen) atoms. The summed E-state index contributed by atoms with van der Waals surface area (Å²) in [5.74, 6) is 0.660. The molecule has 1 fully saturated rings. The minimum Gasteiger partial charge on any atom is -0.490 e. The fourth-order valence-electron chi connectivity index (χ4n) is 2.11. The molecule has 2 rings (SSSR count). The molecule has 0 atom stereocenters. The monoisotopic (exact) mass is 260 g/mol. The summed E-state index contributed by atoms with van der Waals surface area (Å²) in [6.45, 7) is 5.93. The van der Waals surface area contributed by atoms with Gasteiger partial charge in [0, 0.05) is 32.7 Å². The van der Waals surface area contributed by atoms with E-state index in [0.717, 1.165) is 32.7 Å². The molecule has 0 aliphatic carbocycles. The molecule has 1 aromatic carbocycles. The van der Waals surface area contributed by atoms with Gasteiger partial charge < -0.3 is 15.4 Å². The predicted molar refractivity (Wildman–Crippen MR) is 75.0 cm³/mol. The fourth-order valence-corrected chi connectivity index (χ4v) is 2.11. The van der Waals surface area contributed by atoms with Gasteiger partial charge in [0.15, 0.2) is 0 Å². The van der Waals surface area contributed by atoms with Crippen molar-refractivity contribution in [3.63, 3.8) is 0 Å². The van der Waals surface area contributed by atoms with E-state index in [2.05, 4.69) is 22.9 Å². The lowest BCUT2D eigenvalue weighted by Crippen LogP contribution is -2.45. The number of hydrogen-bond donors (Lipinski definition) is 1. The van der Waals surface area contributed by atoms with Crippen molar-refractivity contribution in [3.8, 4) is 11.8 Å². The number of nitrogen functional groups attached to an aromatic ring is 1. The van der Waals surface area contributed by atoms with Gasteiger partial charge in [-0.05, 0) is 25.2 Å². The van der Waals surface area contributed by atoms with Crippen LogP contribution < -0.4 is 10.5 Å². The van der Waals surface area contributed by atoms with Gasteiger partial charge in [0.25, 0.3) is 0 Å². The maximum atomic E-state index is 8.76. The summed E-state index contributed by atoms with van der Waals surface area (Å²) in [7, 11) is 2.14. The molecule has 0 saturated carbocycles. The molecule has 1 saturated heterocycles. The molecular formula is C14H20N4O.